The van der Waals surface area contributed by atoms with E-state index in [9.17, 15) is 14.4 Å². The highest BCUT2D eigenvalue weighted by Crippen LogP contribution is 2.40. The van der Waals surface area contributed by atoms with Gasteiger partial charge in [0.25, 0.3) is 11.8 Å². The highest BCUT2D eigenvalue weighted by Gasteiger charge is 2.24. The molecule has 0 aliphatic rings. The summed E-state index contributed by atoms with van der Waals surface area (Å²) in [5, 5.41) is 8.20. The summed E-state index contributed by atoms with van der Waals surface area (Å²) in [4.78, 5) is 41.4. The van der Waals surface area contributed by atoms with Crippen molar-refractivity contribution < 1.29 is 33.3 Å². The summed E-state index contributed by atoms with van der Waals surface area (Å²) in [6, 6.07) is 33.4. The fraction of sp³-hybridized carbons (Fsp3) is 0.125. The number of halogens is 1. The summed E-state index contributed by atoms with van der Waals surface area (Å²) >= 11 is 7.68. The monoisotopic (exact) mass is 737 g/mol. The van der Waals surface area contributed by atoms with Crippen LogP contribution in [-0.2, 0) is 9.59 Å². The molecule has 12 heteroatoms. The van der Waals surface area contributed by atoms with Gasteiger partial charge >= 0.3 is 0 Å². The number of anilines is 2. The Morgan fingerprint density at radius 2 is 1.35 bits per heavy atom. The Morgan fingerprint density at radius 3 is 1.98 bits per heavy atom. The Labute approximate surface area is 311 Å². The van der Waals surface area contributed by atoms with Gasteiger partial charge in [-0.05, 0) is 60.2 Å². The van der Waals surface area contributed by atoms with E-state index in [1.54, 1.807) is 84.9 Å². The number of thioether (sulfide) groups is 1. The van der Waals surface area contributed by atoms with Crippen LogP contribution in [0.25, 0.3) is 6.08 Å². The molecule has 5 aromatic rings. The Morgan fingerprint density at radius 1 is 0.692 bits per heavy atom. The van der Waals surface area contributed by atoms with Crippen LogP contribution in [0.3, 0.4) is 0 Å². The molecule has 0 aromatic heterocycles. The second kappa shape index (κ2) is 17.8. The standard InChI is InChI=1S/C40H36ClN3O7S/c1-48-33-17-11-16-27(36(33)51-4)22-32(44-38(45)26-14-9-6-10-15-26)39(46)42-28-18-20-29(21-19-28)52-37(25-12-7-5-8-13-25)40(47)43-31-23-30(41)34(49-2)24-35(31)50-3/h5-24,37H,1-4H3,(H,42,46)(H,43,47)(H,44,45)/b32-22-. The maximum Gasteiger partial charge on any atom is 0.272 e. The van der Waals surface area contributed by atoms with E-state index in [4.69, 9.17) is 30.5 Å². The fourth-order valence-electron chi connectivity index (χ4n) is 5.13. The smallest absolute Gasteiger partial charge is 0.272 e. The molecule has 52 heavy (non-hydrogen) atoms. The lowest BCUT2D eigenvalue weighted by molar-refractivity contribution is -0.116. The molecule has 5 aromatic carbocycles. The van der Waals surface area contributed by atoms with E-state index in [0.29, 0.717) is 50.5 Å². The third-order valence-corrected chi connectivity index (χ3v) is 9.26. The maximum atomic E-state index is 13.8. The number of nitrogens with one attached hydrogen (secondary N) is 3. The first-order valence-electron chi connectivity index (χ1n) is 15.9. The molecule has 0 aliphatic heterocycles. The van der Waals surface area contributed by atoms with E-state index in [1.165, 1.54) is 46.3 Å². The highest BCUT2D eigenvalue weighted by atomic mass is 35.5. The molecule has 0 fully saturated rings. The number of benzene rings is 5. The summed E-state index contributed by atoms with van der Waals surface area (Å²) in [7, 11) is 6.00. The number of para-hydroxylation sites is 1. The van der Waals surface area contributed by atoms with Gasteiger partial charge in [-0.3, -0.25) is 14.4 Å². The Hall–Kier alpha value is -5.91. The molecule has 10 nitrogen and oxygen atoms in total. The van der Waals surface area contributed by atoms with Gasteiger partial charge in [0.15, 0.2) is 11.5 Å². The molecule has 0 radical (unpaired) electrons. The largest absolute Gasteiger partial charge is 0.495 e. The molecule has 5 rings (SSSR count). The molecular formula is C40H36ClN3O7S. The van der Waals surface area contributed by atoms with Crippen LogP contribution < -0.4 is 34.9 Å². The number of carbonyl (C=O) groups excluding carboxylic acids is 3. The van der Waals surface area contributed by atoms with Crippen LogP contribution in [0.5, 0.6) is 23.0 Å². The second-order valence-corrected chi connectivity index (χ2v) is 12.6. The van der Waals surface area contributed by atoms with Crippen molar-refractivity contribution in [3.05, 3.63) is 143 Å². The molecule has 266 valence electrons. The fourth-order valence-corrected chi connectivity index (χ4v) is 6.40. The molecule has 1 atom stereocenters. The zero-order valence-electron chi connectivity index (χ0n) is 28.8. The number of hydrogen-bond acceptors (Lipinski definition) is 8. The lowest BCUT2D eigenvalue weighted by Gasteiger charge is -2.19. The van der Waals surface area contributed by atoms with Crippen LogP contribution in [0.2, 0.25) is 5.02 Å². The van der Waals surface area contributed by atoms with Crippen molar-refractivity contribution in [2.45, 2.75) is 10.1 Å². The number of ether oxygens (including phenoxy) is 4. The van der Waals surface area contributed by atoms with Crippen LogP contribution >= 0.6 is 23.4 Å². The van der Waals surface area contributed by atoms with Crippen molar-refractivity contribution >= 4 is 58.5 Å². The van der Waals surface area contributed by atoms with Crippen molar-refractivity contribution in [3.63, 3.8) is 0 Å². The summed E-state index contributed by atoms with van der Waals surface area (Å²) in [5.41, 5.74) is 2.52. The highest BCUT2D eigenvalue weighted by molar-refractivity contribution is 8.00. The first-order chi connectivity index (χ1) is 25.2. The summed E-state index contributed by atoms with van der Waals surface area (Å²) < 4.78 is 21.7. The summed E-state index contributed by atoms with van der Waals surface area (Å²) in [6.07, 6.45) is 1.52. The number of amides is 3. The van der Waals surface area contributed by atoms with Gasteiger partial charge in [0.2, 0.25) is 5.91 Å². The predicted octanol–water partition coefficient (Wildman–Crippen LogP) is 8.26. The van der Waals surface area contributed by atoms with Crippen molar-refractivity contribution in [2.75, 3.05) is 39.1 Å². The molecule has 0 aliphatic carbocycles. The average molecular weight is 738 g/mol. The Balaban J connectivity index is 1.38. The SMILES string of the molecule is COc1cc(OC)c(NC(=O)C(Sc2ccc(NC(=O)/C(=C/c3cccc(OC)c3OC)NC(=O)c3ccccc3)cc2)c2ccccc2)cc1Cl. The zero-order chi connectivity index (χ0) is 37.0. The molecule has 0 heterocycles. The summed E-state index contributed by atoms with van der Waals surface area (Å²) in [5.74, 6) is 0.344. The van der Waals surface area contributed by atoms with Crippen molar-refractivity contribution in [1.29, 1.82) is 0 Å². The first-order valence-corrected chi connectivity index (χ1v) is 17.1. The van der Waals surface area contributed by atoms with Crippen LogP contribution in [0, 0.1) is 0 Å². The molecule has 3 amide bonds. The van der Waals surface area contributed by atoms with E-state index < -0.39 is 17.1 Å². The molecule has 0 spiro atoms. The minimum atomic E-state index is -0.659. The molecule has 0 saturated carbocycles. The third-order valence-electron chi connectivity index (χ3n) is 7.70. The van der Waals surface area contributed by atoms with Gasteiger partial charge in [0.05, 0.1) is 39.1 Å². The zero-order valence-corrected chi connectivity index (χ0v) is 30.3. The lowest BCUT2D eigenvalue weighted by Crippen LogP contribution is -2.30. The number of carbonyl (C=O) groups is 3. The van der Waals surface area contributed by atoms with Gasteiger partial charge in [0.1, 0.15) is 22.4 Å². The molecular weight excluding hydrogens is 702 g/mol. The summed E-state index contributed by atoms with van der Waals surface area (Å²) in [6.45, 7) is 0. The Bertz CT molecular complexity index is 2060. The number of rotatable bonds is 14. The van der Waals surface area contributed by atoms with Gasteiger partial charge in [-0.2, -0.15) is 0 Å². The first kappa shape index (κ1) is 37.3. The minimum Gasteiger partial charge on any atom is -0.495 e. The molecule has 0 saturated heterocycles. The van der Waals surface area contributed by atoms with Gasteiger partial charge in [-0.25, -0.2) is 0 Å². The average Bonchev–Trinajstić information content (AvgIpc) is 3.17. The molecule has 1 unspecified atom stereocenters. The van der Waals surface area contributed by atoms with E-state index in [-0.39, 0.29) is 11.6 Å². The third kappa shape index (κ3) is 9.25. The number of hydrogen-bond donors (Lipinski definition) is 3. The maximum absolute atomic E-state index is 13.8. The van der Waals surface area contributed by atoms with Gasteiger partial charge in [-0.15, -0.1) is 11.8 Å². The van der Waals surface area contributed by atoms with E-state index in [1.807, 2.05) is 30.3 Å². The van der Waals surface area contributed by atoms with Gasteiger partial charge in [0, 0.05) is 27.8 Å². The van der Waals surface area contributed by atoms with E-state index in [0.717, 1.165) is 10.5 Å². The molecule has 0 bridgehead atoms. The van der Waals surface area contributed by atoms with Crippen molar-refractivity contribution in [2.24, 2.45) is 0 Å². The van der Waals surface area contributed by atoms with Crippen molar-refractivity contribution in [3.8, 4) is 23.0 Å². The second-order valence-electron chi connectivity index (χ2n) is 11.0. The van der Waals surface area contributed by atoms with Crippen LogP contribution in [0.1, 0.15) is 26.7 Å². The van der Waals surface area contributed by atoms with E-state index in [2.05, 4.69) is 16.0 Å². The topological polar surface area (TPSA) is 124 Å². The van der Waals surface area contributed by atoms with Crippen LogP contribution in [0.15, 0.2) is 126 Å². The predicted molar refractivity (Wildman–Crippen MR) is 205 cm³/mol. The molecule has 3 N–H and O–H groups in total. The normalized spacial score (nSPS) is 11.5. The Kier molecular flexibility index (Phi) is 12.8. The van der Waals surface area contributed by atoms with Gasteiger partial charge < -0.3 is 34.9 Å². The van der Waals surface area contributed by atoms with E-state index >= 15 is 0 Å². The number of methoxy groups -OCH3 is 4. The van der Waals surface area contributed by atoms with Gasteiger partial charge in [-0.1, -0.05) is 72.3 Å². The lowest BCUT2D eigenvalue weighted by atomic mass is 10.1. The van der Waals surface area contributed by atoms with Crippen LogP contribution in [-0.4, -0.2) is 46.2 Å². The van der Waals surface area contributed by atoms with Crippen molar-refractivity contribution in [1.82, 2.24) is 5.32 Å². The van der Waals surface area contributed by atoms with Crippen LogP contribution in [0.4, 0.5) is 11.4 Å². The minimum absolute atomic E-state index is 0.0197. The quantitative estimate of drug-likeness (QED) is 0.0769.